The van der Waals surface area contributed by atoms with Crippen LogP contribution >= 0.6 is 0 Å². The third-order valence-electron chi connectivity index (χ3n) is 0.459. The van der Waals surface area contributed by atoms with Gasteiger partial charge in [0.1, 0.15) is 0 Å². The van der Waals surface area contributed by atoms with E-state index in [-0.39, 0.29) is 31.0 Å². The summed E-state index contributed by atoms with van der Waals surface area (Å²) in [6.45, 7) is 0. The zero-order chi connectivity index (χ0) is 9.28. The third-order valence-corrected chi connectivity index (χ3v) is 0.913. The zero-order valence-electron chi connectivity index (χ0n) is 7.18. The van der Waals surface area contributed by atoms with Crippen molar-refractivity contribution in [1.82, 2.24) is 0 Å². The summed E-state index contributed by atoms with van der Waals surface area (Å²) < 4.78 is 56.6. The molecule has 0 aliphatic heterocycles. The zero-order valence-corrected chi connectivity index (χ0v) is 8.99. The maximum Gasteiger partial charge on any atom is 1.00 e. The number of rotatable bonds is 1. The van der Waals surface area contributed by atoms with Gasteiger partial charge in [0.2, 0.25) is 0 Å². The second-order valence-corrected chi connectivity index (χ2v) is 3.15. The van der Waals surface area contributed by atoms with Gasteiger partial charge in [0, 0.05) is 0 Å². The van der Waals surface area contributed by atoms with E-state index in [1.165, 1.54) is 0 Å². The van der Waals surface area contributed by atoms with Gasteiger partial charge < -0.3 is 5.61 Å². The molecule has 4 nitrogen and oxygen atoms in total. The number of carbonyl (C=O) groups is 1. The fraction of sp³-hybridized carbons (Fsp3) is 0.667. The average Bonchev–Trinajstić information content (AvgIpc) is 1.56. The van der Waals surface area contributed by atoms with Crippen molar-refractivity contribution in [3.05, 3.63) is 0 Å². The summed E-state index contributed by atoms with van der Waals surface area (Å²) in [4.78, 5) is 9.75. The Labute approximate surface area is 90.0 Å². The first-order valence-electron chi connectivity index (χ1n) is 2.13. The molecular formula is C3H4F3NaO4S. The smallest absolute Gasteiger partial charge is 1.00 e. The largest absolute Gasteiger partial charge is 1.00 e. The van der Waals surface area contributed by atoms with E-state index in [9.17, 15) is 26.4 Å². The van der Waals surface area contributed by atoms with Gasteiger partial charge in [0.15, 0.2) is 0 Å². The molecule has 0 saturated heterocycles. The first-order chi connectivity index (χ1) is 4.63. The van der Waals surface area contributed by atoms with Crippen LogP contribution in [0.25, 0.3) is 0 Å². The SMILES string of the molecule is CS(=O)(=O)OC(=O)C(F)(F)F.[H-].[Na+]. The van der Waals surface area contributed by atoms with E-state index in [0.717, 1.165) is 0 Å². The second kappa shape index (κ2) is 4.45. The standard InChI is InChI=1S/C3H3F3O4S.Na.H/c1-11(8,9)10-2(7)3(4,5)6;;/h1H3;;/q;+1;-1. The molecule has 0 aromatic carbocycles. The van der Waals surface area contributed by atoms with Crippen LogP contribution < -0.4 is 29.6 Å². The molecule has 0 aromatic heterocycles. The van der Waals surface area contributed by atoms with E-state index in [1.54, 1.807) is 0 Å². The van der Waals surface area contributed by atoms with Crippen molar-refractivity contribution in [1.29, 1.82) is 0 Å². The molecule has 0 bridgehead atoms. The summed E-state index contributed by atoms with van der Waals surface area (Å²) in [6, 6.07) is 0. The van der Waals surface area contributed by atoms with Crippen LogP contribution in [-0.2, 0) is 19.1 Å². The van der Waals surface area contributed by atoms with Crippen molar-refractivity contribution in [2.75, 3.05) is 6.26 Å². The topological polar surface area (TPSA) is 60.4 Å². The van der Waals surface area contributed by atoms with Crippen LogP contribution in [0.2, 0.25) is 0 Å². The molecule has 0 aliphatic carbocycles. The van der Waals surface area contributed by atoms with Crippen molar-refractivity contribution in [3.63, 3.8) is 0 Å². The Morgan fingerprint density at radius 2 is 1.75 bits per heavy atom. The Balaban J connectivity index is -0.000000500. The monoisotopic (exact) mass is 216 g/mol. The summed E-state index contributed by atoms with van der Waals surface area (Å²) in [6.07, 6.45) is -4.93. The van der Waals surface area contributed by atoms with Crippen molar-refractivity contribution >= 4 is 16.1 Å². The molecule has 0 spiro atoms. The van der Waals surface area contributed by atoms with Gasteiger partial charge in [0.25, 0.3) is 0 Å². The van der Waals surface area contributed by atoms with Crippen LogP contribution in [0.4, 0.5) is 13.2 Å². The van der Waals surface area contributed by atoms with Gasteiger partial charge in [-0.15, -0.1) is 0 Å². The number of alkyl halides is 3. The predicted molar refractivity (Wildman–Crippen MR) is 28.1 cm³/mol. The molecule has 0 saturated carbocycles. The molecule has 0 atom stereocenters. The maximum atomic E-state index is 11.2. The number of hydrogen-bond donors (Lipinski definition) is 0. The second-order valence-electron chi connectivity index (χ2n) is 1.57. The molecule has 0 unspecified atom stereocenters. The molecule has 0 aromatic rings. The van der Waals surface area contributed by atoms with E-state index in [1.807, 2.05) is 0 Å². The van der Waals surface area contributed by atoms with E-state index >= 15 is 0 Å². The molecule has 68 valence electrons. The molecule has 9 heteroatoms. The first-order valence-corrected chi connectivity index (χ1v) is 3.95. The van der Waals surface area contributed by atoms with E-state index in [2.05, 4.69) is 4.18 Å². The average molecular weight is 216 g/mol. The summed E-state index contributed by atoms with van der Waals surface area (Å²) in [7, 11) is -4.38. The van der Waals surface area contributed by atoms with Crippen molar-refractivity contribution in [3.8, 4) is 0 Å². The number of halogens is 3. The predicted octanol–water partition coefficient (Wildman–Crippen LogP) is -2.83. The van der Waals surface area contributed by atoms with Crippen LogP contribution in [0.3, 0.4) is 0 Å². The molecule has 0 radical (unpaired) electrons. The fourth-order valence-corrected chi connectivity index (χ4v) is 0.554. The van der Waals surface area contributed by atoms with Gasteiger partial charge >= 0.3 is 51.8 Å². The van der Waals surface area contributed by atoms with Gasteiger partial charge in [-0.1, -0.05) is 0 Å². The summed E-state index contributed by atoms with van der Waals surface area (Å²) >= 11 is 0. The van der Waals surface area contributed by atoms with Crippen molar-refractivity contribution < 1.29 is 61.6 Å². The Morgan fingerprint density at radius 1 is 1.42 bits per heavy atom. The van der Waals surface area contributed by atoms with E-state index in [4.69, 9.17) is 0 Å². The van der Waals surface area contributed by atoms with Crippen LogP contribution in [0.15, 0.2) is 0 Å². The molecule has 0 aliphatic rings. The van der Waals surface area contributed by atoms with Gasteiger partial charge in [-0.05, 0) is 0 Å². The van der Waals surface area contributed by atoms with E-state index in [0.29, 0.717) is 6.26 Å². The fourth-order valence-electron chi connectivity index (χ4n) is 0.185. The Kier molecular flexibility index (Phi) is 5.45. The minimum atomic E-state index is -5.27. The summed E-state index contributed by atoms with van der Waals surface area (Å²) in [5.41, 5.74) is 0. The summed E-state index contributed by atoms with van der Waals surface area (Å²) in [5, 5.41) is 0. The number of hydrogen-bond acceptors (Lipinski definition) is 4. The minimum absolute atomic E-state index is 0. The number of carbonyl (C=O) groups excluding carboxylic acids is 1. The Bertz CT molecular complexity index is 260. The van der Waals surface area contributed by atoms with Gasteiger partial charge in [0.05, 0.1) is 6.26 Å². The van der Waals surface area contributed by atoms with Crippen LogP contribution in [-0.4, -0.2) is 26.8 Å². The normalized spacial score (nSPS) is 11.7. The molecule has 0 amide bonds. The molecule has 0 rings (SSSR count). The van der Waals surface area contributed by atoms with Gasteiger partial charge in [-0.3, -0.25) is 0 Å². The molecule has 0 fully saturated rings. The minimum Gasteiger partial charge on any atom is -1.00 e. The quantitative estimate of drug-likeness (QED) is 0.350. The maximum absolute atomic E-state index is 11.2. The Hall–Kier alpha value is 0.210. The molecule has 12 heavy (non-hydrogen) atoms. The third kappa shape index (κ3) is 6.89. The molecule has 0 N–H and O–H groups in total. The summed E-state index contributed by atoms with van der Waals surface area (Å²) in [5.74, 6) is -2.74. The van der Waals surface area contributed by atoms with Crippen LogP contribution in [0.5, 0.6) is 0 Å². The Morgan fingerprint density at radius 3 is 1.83 bits per heavy atom. The van der Waals surface area contributed by atoms with Gasteiger partial charge in [-0.2, -0.15) is 21.6 Å². The van der Waals surface area contributed by atoms with Crippen molar-refractivity contribution in [2.45, 2.75) is 6.18 Å². The molecular weight excluding hydrogens is 212 g/mol. The van der Waals surface area contributed by atoms with Gasteiger partial charge in [-0.25, -0.2) is 4.79 Å². The first kappa shape index (κ1) is 14.7. The van der Waals surface area contributed by atoms with E-state index < -0.39 is 22.3 Å². The van der Waals surface area contributed by atoms with Crippen LogP contribution in [0.1, 0.15) is 1.43 Å². The molecule has 0 heterocycles. The van der Waals surface area contributed by atoms with Crippen molar-refractivity contribution in [2.24, 2.45) is 0 Å². The van der Waals surface area contributed by atoms with Crippen LogP contribution in [0, 0.1) is 0 Å².